The van der Waals surface area contributed by atoms with Gasteiger partial charge in [0.25, 0.3) is 16.0 Å². The van der Waals surface area contributed by atoms with Crippen molar-refractivity contribution in [2.45, 2.75) is 68.6 Å². The van der Waals surface area contributed by atoms with Gasteiger partial charge in [0.05, 0.1) is 27.7 Å². The van der Waals surface area contributed by atoms with Crippen molar-refractivity contribution in [1.29, 1.82) is 5.26 Å². The van der Waals surface area contributed by atoms with Crippen LogP contribution in [0.3, 0.4) is 0 Å². The number of hydrogen-bond acceptors (Lipinski definition) is 7. The number of nitriles is 1. The van der Waals surface area contributed by atoms with Crippen LogP contribution in [0, 0.1) is 18.3 Å². The Morgan fingerprint density at radius 3 is 2.36 bits per heavy atom. The van der Waals surface area contributed by atoms with Gasteiger partial charge >= 0.3 is 0 Å². The highest BCUT2D eigenvalue weighted by Crippen LogP contribution is 2.28. The standard InChI is InChI=1S/C32H34ClN3O5S/c1-22-4-16-30(17-5-22)42(38,39)41-29-3-2-18-36(21-29)26-11-6-23(7-12-26)32(37)35-25-9-14-27(15-10-25)40-28-13-8-24(20-34)31(33)19-28/h4-8,11-13,16-17,19,25,27,29H,2-3,9-10,14-15,18,21H2,1H3,(H,35,37). The van der Waals surface area contributed by atoms with E-state index in [9.17, 15) is 13.2 Å². The maximum absolute atomic E-state index is 13.0. The van der Waals surface area contributed by atoms with Gasteiger partial charge in [0.15, 0.2) is 0 Å². The second-order valence-electron chi connectivity index (χ2n) is 10.9. The molecule has 1 aliphatic carbocycles. The quantitative estimate of drug-likeness (QED) is 0.312. The van der Waals surface area contributed by atoms with Crippen LogP contribution in [0.25, 0.3) is 0 Å². The summed E-state index contributed by atoms with van der Waals surface area (Å²) in [7, 11) is -3.84. The summed E-state index contributed by atoms with van der Waals surface area (Å²) in [6, 6.07) is 21.3. The number of aryl methyl sites for hydroxylation is 1. The van der Waals surface area contributed by atoms with Gasteiger partial charge in [-0.05, 0) is 94.0 Å². The van der Waals surface area contributed by atoms with E-state index in [0.717, 1.165) is 49.9 Å². The summed E-state index contributed by atoms with van der Waals surface area (Å²) in [5.41, 5.74) is 2.91. The summed E-state index contributed by atoms with van der Waals surface area (Å²) in [6.07, 6.45) is 4.28. The minimum absolute atomic E-state index is 0.0330. The van der Waals surface area contributed by atoms with Gasteiger partial charge in [-0.3, -0.25) is 8.98 Å². The van der Waals surface area contributed by atoms with Crippen LogP contribution in [0.15, 0.2) is 71.6 Å². The van der Waals surface area contributed by atoms with E-state index < -0.39 is 16.2 Å². The third kappa shape index (κ3) is 7.43. The van der Waals surface area contributed by atoms with E-state index in [1.54, 1.807) is 42.5 Å². The van der Waals surface area contributed by atoms with E-state index in [0.29, 0.717) is 34.9 Å². The molecule has 5 rings (SSSR count). The number of rotatable bonds is 8. The number of anilines is 1. The zero-order valence-electron chi connectivity index (χ0n) is 23.5. The average molecular weight is 608 g/mol. The summed E-state index contributed by atoms with van der Waals surface area (Å²) < 4.78 is 37.2. The van der Waals surface area contributed by atoms with Crippen molar-refractivity contribution in [2.75, 3.05) is 18.0 Å². The number of amides is 1. The second kappa shape index (κ2) is 13.2. The number of halogens is 1. The first-order chi connectivity index (χ1) is 20.2. The number of ether oxygens (including phenoxy) is 1. The Labute approximate surface area is 252 Å². The lowest BCUT2D eigenvalue weighted by Crippen LogP contribution is -2.41. The van der Waals surface area contributed by atoms with E-state index in [4.69, 9.17) is 25.8 Å². The van der Waals surface area contributed by atoms with Crippen LogP contribution in [0.5, 0.6) is 5.75 Å². The molecule has 1 saturated heterocycles. The molecule has 2 aliphatic rings. The first kappa shape index (κ1) is 29.9. The van der Waals surface area contributed by atoms with Crippen molar-refractivity contribution >= 4 is 33.3 Å². The van der Waals surface area contributed by atoms with Crippen LogP contribution in [0.2, 0.25) is 5.02 Å². The summed E-state index contributed by atoms with van der Waals surface area (Å²) in [5.74, 6) is 0.528. The molecule has 1 aliphatic heterocycles. The van der Waals surface area contributed by atoms with E-state index in [-0.39, 0.29) is 22.9 Å². The fraction of sp³-hybridized carbons (Fsp3) is 0.375. The summed E-state index contributed by atoms with van der Waals surface area (Å²) in [4.78, 5) is 15.2. The number of benzene rings is 3. The molecule has 220 valence electrons. The maximum Gasteiger partial charge on any atom is 0.297 e. The highest BCUT2D eigenvalue weighted by molar-refractivity contribution is 7.86. The van der Waals surface area contributed by atoms with Crippen LogP contribution >= 0.6 is 11.6 Å². The lowest BCUT2D eigenvalue weighted by atomic mass is 9.92. The second-order valence-corrected chi connectivity index (χ2v) is 12.9. The Hall–Kier alpha value is -3.58. The molecule has 1 N–H and O–H groups in total. The van der Waals surface area contributed by atoms with Crippen molar-refractivity contribution in [2.24, 2.45) is 0 Å². The van der Waals surface area contributed by atoms with Gasteiger partial charge in [-0.15, -0.1) is 0 Å². The van der Waals surface area contributed by atoms with Crippen LogP contribution in [0.1, 0.15) is 60.0 Å². The van der Waals surface area contributed by atoms with Crippen LogP contribution in [0.4, 0.5) is 5.69 Å². The molecule has 42 heavy (non-hydrogen) atoms. The number of hydrogen-bond donors (Lipinski definition) is 1. The van der Waals surface area contributed by atoms with Gasteiger partial charge in [-0.1, -0.05) is 29.3 Å². The largest absolute Gasteiger partial charge is 0.490 e. The first-order valence-electron chi connectivity index (χ1n) is 14.2. The van der Waals surface area contributed by atoms with Gasteiger partial charge in [-0.25, -0.2) is 0 Å². The molecule has 0 aromatic heterocycles. The Morgan fingerprint density at radius 2 is 1.69 bits per heavy atom. The Kier molecular flexibility index (Phi) is 9.37. The highest BCUT2D eigenvalue weighted by Gasteiger charge is 2.28. The topological polar surface area (TPSA) is 109 Å². The number of piperidine rings is 1. The van der Waals surface area contributed by atoms with Gasteiger partial charge in [0, 0.05) is 36.4 Å². The molecule has 1 atom stereocenters. The Balaban J connectivity index is 1.10. The molecule has 1 heterocycles. The van der Waals surface area contributed by atoms with E-state index in [1.165, 1.54) is 0 Å². The number of nitrogens with one attached hydrogen (secondary N) is 1. The zero-order valence-corrected chi connectivity index (χ0v) is 25.0. The lowest BCUT2D eigenvalue weighted by Gasteiger charge is -2.34. The predicted molar refractivity (Wildman–Crippen MR) is 161 cm³/mol. The van der Waals surface area contributed by atoms with Crippen molar-refractivity contribution in [3.05, 3.63) is 88.4 Å². The summed E-state index contributed by atoms with van der Waals surface area (Å²) >= 11 is 6.11. The number of carbonyl (C=O) groups is 1. The third-order valence-corrected chi connectivity index (χ3v) is 9.51. The SMILES string of the molecule is Cc1ccc(S(=O)(=O)OC2CCCN(c3ccc(C(=O)NC4CCC(Oc5ccc(C#N)c(Cl)c5)CC4)cc3)C2)cc1. The minimum Gasteiger partial charge on any atom is -0.490 e. The molecule has 3 aromatic rings. The summed E-state index contributed by atoms with van der Waals surface area (Å²) in [6.45, 7) is 3.15. The number of carbonyl (C=O) groups excluding carboxylic acids is 1. The Morgan fingerprint density at radius 1 is 0.976 bits per heavy atom. The maximum atomic E-state index is 13.0. The normalized spacial score (nSPS) is 20.9. The zero-order chi connectivity index (χ0) is 29.7. The van der Waals surface area contributed by atoms with E-state index >= 15 is 0 Å². The van der Waals surface area contributed by atoms with Crippen molar-refractivity contribution in [3.63, 3.8) is 0 Å². The fourth-order valence-electron chi connectivity index (χ4n) is 5.46. The van der Waals surface area contributed by atoms with Gasteiger partial charge < -0.3 is 15.0 Å². The Bertz CT molecular complexity index is 1550. The smallest absolute Gasteiger partial charge is 0.297 e. The molecular weight excluding hydrogens is 574 g/mol. The number of nitrogens with zero attached hydrogens (tertiary/aromatic N) is 2. The summed E-state index contributed by atoms with van der Waals surface area (Å²) in [5, 5.41) is 12.6. The fourth-order valence-corrected chi connectivity index (χ4v) is 6.77. The lowest BCUT2D eigenvalue weighted by molar-refractivity contribution is 0.0894. The van der Waals surface area contributed by atoms with Crippen LogP contribution in [-0.2, 0) is 14.3 Å². The molecule has 1 saturated carbocycles. The molecule has 3 aromatic carbocycles. The van der Waals surface area contributed by atoms with Gasteiger partial charge in [-0.2, -0.15) is 13.7 Å². The molecule has 1 unspecified atom stereocenters. The highest BCUT2D eigenvalue weighted by atomic mass is 35.5. The van der Waals surface area contributed by atoms with Gasteiger partial charge in [0.2, 0.25) is 0 Å². The van der Waals surface area contributed by atoms with Crippen molar-refractivity contribution in [1.82, 2.24) is 5.32 Å². The molecular formula is C32H34ClN3O5S. The molecule has 1 amide bonds. The average Bonchev–Trinajstić information content (AvgIpc) is 2.98. The van der Waals surface area contributed by atoms with E-state index in [1.807, 2.05) is 37.3 Å². The first-order valence-corrected chi connectivity index (χ1v) is 16.0. The van der Waals surface area contributed by atoms with E-state index in [2.05, 4.69) is 10.2 Å². The molecule has 0 radical (unpaired) electrons. The van der Waals surface area contributed by atoms with Gasteiger partial charge in [0.1, 0.15) is 11.8 Å². The monoisotopic (exact) mass is 607 g/mol. The van der Waals surface area contributed by atoms with Crippen LogP contribution in [-0.4, -0.2) is 45.7 Å². The predicted octanol–water partition coefficient (Wildman–Crippen LogP) is 6.01. The molecule has 8 nitrogen and oxygen atoms in total. The van der Waals surface area contributed by atoms with Crippen LogP contribution < -0.4 is 15.0 Å². The molecule has 0 spiro atoms. The van der Waals surface area contributed by atoms with Crippen molar-refractivity contribution in [3.8, 4) is 11.8 Å². The molecule has 2 fully saturated rings. The van der Waals surface area contributed by atoms with Crippen molar-refractivity contribution < 1.29 is 22.1 Å². The molecule has 10 heteroatoms. The minimum atomic E-state index is -3.84. The third-order valence-electron chi connectivity index (χ3n) is 7.82. The molecule has 0 bridgehead atoms.